The van der Waals surface area contributed by atoms with E-state index >= 15 is 0 Å². The van der Waals surface area contributed by atoms with E-state index in [1.807, 2.05) is 4.90 Å². The van der Waals surface area contributed by atoms with Gasteiger partial charge in [-0.1, -0.05) is 0 Å². The first-order valence-electron chi connectivity index (χ1n) is 6.46. The highest BCUT2D eigenvalue weighted by Crippen LogP contribution is 2.23. The Balaban J connectivity index is 1.87. The largest absolute Gasteiger partial charge is 0.385 e. The topological polar surface area (TPSA) is 75.9 Å². The lowest BCUT2D eigenvalue weighted by Crippen LogP contribution is -2.56. The van der Waals surface area contributed by atoms with E-state index in [0.717, 1.165) is 6.42 Å². The van der Waals surface area contributed by atoms with E-state index in [1.54, 1.807) is 12.0 Å². The summed E-state index contributed by atoms with van der Waals surface area (Å²) in [6, 6.07) is -0.293. The number of piperazine rings is 1. The van der Waals surface area contributed by atoms with Crippen molar-refractivity contribution in [3.63, 3.8) is 0 Å². The predicted molar refractivity (Wildman–Crippen MR) is 65.8 cm³/mol. The molecule has 2 N–H and O–H groups in total. The average Bonchev–Trinajstić information content (AvgIpc) is 2.76. The fraction of sp³-hybridized carbons (Fsp3) is 0.833. The number of methoxy groups -OCH3 is 1. The Morgan fingerprint density at radius 2 is 2.33 bits per heavy atom. The van der Waals surface area contributed by atoms with Crippen LogP contribution in [0.3, 0.4) is 0 Å². The number of carbonyl (C=O) groups is 2. The monoisotopic (exact) mass is 255 g/mol. The highest BCUT2D eigenvalue weighted by molar-refractivity contribution is 5.83. The van der Waals surface area contributed by atoms with E-state index < -0.39 is 6.04 Å². The summed E-state index contributed by atoms with van der Waals surface area (Å²) in [4.78, 5) is 27.3. The van der Waals surface area contributed by atoms with E-state index in [9.17, 15) is 9.59 Å². The van der Waals surface area contributed by atoms with Crippen LogP contribution in [0.15, 0.2) is 0 Å². The molecule has 0 aliphatic carbocycles. The number of hydrogen-bond donors (Lipinski definition) is 1. The molecule has 2 fully saturated rings. The van der Waals surface area contributed by atoms with Crippen molar-refractivity contribution in [2.75, 3.05) is 33.4 Å². The third kappa shape index (κ3) is 2.64. The van der Waals surface area contributed by atoms with Gasteiger partial charge in [-0.05, 0) is 12.8 Å². The van der Waals surface area contributed by atoms with Crippen LogP contribution in [0.25, 0.3) is 0 Å². The Kier molecular flexibility index (Phi) is 4.19. The van der Waals surface area contributed by atoms with Crippen molar-refractivity contribution in [2.24, 2.45) is 5.73 Å². The van der Waals surface area contributed by atoms with Crippen molar-refractivity contribution in [2.45, 2.75) is 31.3 Å². The summed E-state index contributed by atoms with van der Waals surface area (Å²) < 4.78 is 4.93. The van der Waals surface area contributed by atoms with Crippen LogP contribution < -0.4 is 5.73 Å². The molecular weight excluding hydrogens is 234 g/mol. The van der Waals surface area contributed by atoms with E-state index in [0.29, 0.717) is 39.1 Å². The Morgan fingerprint density at radius 3 is 3.06 bits per heavy atom. The van der Waals surface area contributed by atoms with Gasteiger partial charge in [0.05, 0.1) is 6.04 Å². The zero-order valence-corrected chi connectivity index (χ0v) is 10.8. The molecule has 2 saturated heterocycles. The molecule has 0 aromatic rings. The van der Waals surface area contributed by atoms with Crippen molar-refractivity contribution >= 4 is 11.8 Å². The molecular formula is C12H21N3O3. The lowest BCUT2D eigenvalue weighted by Gasteiger charge is -2.38. The molecule has 0 radical (unpaired) electrons. The highest BCUT2D eigenvalue weighted by atomic mass is 16.5. The molecule has 0 aromatic carbocycles. The van der Waals surface area contributed by atoms with Crippen molar-refractivity contribution in [3.05, 3.63) is 0 Å². The van der Waals surface area contributed by atoms with Gasteiger partial charge in [0, 0.05) is 45.8 Å². The van der Waals surface area contributed by atoms with Crippen LogP contribution in [0.5, 0.6) is 0 Å². The molecule has 2 amide bonds. The maximum atomic E-state index is 12.1. The SMILES string of the molecule is COCCC(N)C(=O)N1CCN2C(=O)CCC2C1. The Bertz CT molecular complexity index is 335. The van der Waals surface area contributed by atoms with E-state index in [1.165, 1.54) is 0 Å². The maximum Gasteiger partial charge on any atom is 0.239 e. The lowest BCUT2D eigenvalue weighted by molar-refractivity contribution is -0.140. The van der Waals surface area contributed by atoms with Crippen LogP contribution >= 0.6 is 0 Å². The van der Waals surface area contributed by atoms with Crippen LogP contribution in [0.1, 0.15) is 19.3 Å². The summed E-state index contributed by atoms with van der Waals surface area (Å²) in [5.74, 6) is 0.196. The van der Waals surface area contributed by atoms with Gasteiger partial charge < -0.3 is 20.3 Å². The minimum Gasteiger partial charge on any atom is -0.385 e. The summed E-state index contributed by atoms with van der Waals surface area (Å²) >= 11 is 0. The van der Waals surface area contributed by atoms with Gasteiger partial charge in [-0.2, -0.15) is 0 Å². The Labute approximate surface area is 107 Å². The first-order chi connectivity index (χ1) is 8.63. The summed E-state index contributed by atoms with van der Waals surface area (Å²) in [7, 11) is 1.60. The van der Waals surface area contributed by atoms with Crippen molar-refractivity contribution < 1.29 is 14.3 Å². The van der Waals surface area contributed by atoms with Gasteiger partial charge in [-0.15, -0.1) is 0 Å². The molecule has 2 aliphatic heterocycles. The minimum atomic E-state index is -0.492. The number of amides is 2. The number of nitrogens with zero attached hydrogens (tertiary/aromatic N) is 2. The normalized spacial score (nSPS) is 25.2. The fourth-order valence-corrected chi connectivity index (χ4v) is 2.67. The number of rotatable bonds is 4. The number of carbonyl (C=O) groups excluding carboxylic acids is 2. The second-order valence-electron chi connectivity index (χ2n) is 4.95. The second-order valence-corrected chi connectivity index (χ2v) is 4.95. The van der Waals surface area contributed by atoms with Crippen LogP contribution in [-0.4, -0.2) is 67.0 Å². The zero-order chi connectivity index (χ0) is 13.1. The molecule has 0 aromatic heterocycles. The van der Waals surface area contributed by atoms with Gasteiger partial charge >= 0.3 is 0 Å². The third-order valence-electron chi connectivity index (χ3n) is 3.76. The lowest BCUT2D eigenvalue weighted by atomic mass is 10.1. The minimum absolute atomic E-state index is 0.0222. The zero-order valence-electron chi connectivity index (χ0n) is 10.8. The molecule has 6 heteroatoms. The van der Waals surface area contributed by atoms with Gasteiger partial charge in [0.1, 0.15) is 0 Å². The van der Waals surface area contributed by atoms with Gasteiger partial charge in [0.25, 0.3) is 0 Å². The second kappa shape index (κ2) is 5.67. The molecule has 2 rings (SSSR count). The highest BCUT2D eigenvalue weighted by Gasteiger charge is 2.37. The first kappa shape index (κ1) is 13.3. The van der Waals surface area contributed by atoms with E-state index in [-0.39, 0.29) is 17.9 Å². The fourth-order valence-electron chi connectivity index (χ4n) is 2.67. The molecule has 6 nitrogen and oxygen atoms in total. The molecule has 0 spiro atoms. The third-order valence-corrected chi connectivity index (χ3v) is 3.76. The van der Waals surface area contributed by atoms with Gasteiger partial charge in [-0.25, -0.2) is 0 Å². The molecule has 2 heterocycles. The van der Waals surface area contributed by atoms with Crippen LogP contribution in [0, 0.1) is 0 Å². The molecule has 18 heavy (non-hydrogen) atoms. The summed E-state index contributed by atoms with van der Waals surface area (Å²) in [5.41, 5.74) is 5.85. The Hall–Kier alpha value is -1.14. The van der Waals surface area contributed by atoms with Gasteiger partial charge in [-0.3, -0.25) is 9.59 Å². The number of fused-ring (bicyclic) bond motifs is 1. The maximum absolute atomic E-state index is 12.1. The predicted octanol–water partition coefficient (Wildman–Crippen LogP) is -0.817. The van der Waals surface area contributed by atoms with Crippen molar-refractivity contribution in [1.82, 2.24) is 9.80 Å². The number of hydrogen-bond acceptors (Lipinski definition) is 4. The summed E-state index contributed by atoms with van der Waals surface area (Å²) in [6.45, 7) is 2.37. The van der Waals surface area contributed by atoms with Crippen molar-refractivity contribution in [3.8, 4) is 0 Å². The number of ether oxygens (including phenoxy) is 1. The summed E-state index contributed by atoms with van der Waals surface area (Å²) in [6.07, 6.45) is 2.01. The van der Waals surface area contributed by atoms with Gasteiger partial charge in [0.15, 0.2) is 0 Å². The molecule has 0 bridgehead atoms. The van der Waals surface area contributed by atoms with Crippen LogP contribution in [-0.2, 0) is 14.3 Å². The first-order valence-corrected chi connectivity index (χ1v) is 6.46. The molecule has 102 valence electrons. The van der Waals surface area contributed by atoms with E-state index in [2.05, 4.69) is 0 Å². The number of nitrogens with two attached hydrogens (primary N) is 1. The average molecular weight is 255 g/mol. The van der Waals surface area contributed by atoms with Gasteiger partial charge in [0.2, 0.25) is 11.8 Å². The Morgan fingerprint density at radius 1 is 1.56 bits per heavy atom. The summed E-state index contributed by atoms with van der Waals surface area (Å²) in [5, 5.41) is 0. The molecule has 0 saturated carbocycles. The molecule has 2 aliphatic rings. The quantitative estimate of drug-likeness (QED) is 0.712. The molecule has 2 unspecified atom stereocenters. The van der Waals surface area contributed by atoms with Crippen LogP contribution in [0.2, 0.25) is 0 Å². The molecule has 2 atom stereocenters. The standard InChI is InChI=1S/C12H21N3O3/c1-18-7-4-10(13)12(17)14-5-6-15-9(8-14)2-3-11(15)16/h9-10H,2-8,13H2,1H3. The van der Waals surface area contributed by atoms with Crippen LogP contribution in [0.4, 0.5) is 0 Å². The smallest absolute Gasteiger partial charge is 0.239 e. The van der Waals surface area contributed by atoms with Crippen molar-refractivity contribution in [1.29, 1.82) is 0 Å². The van der Waals surface area contributed by atoms with E-state index in [4.69, 9.17) is 10.5 Å².